The molecule has 0 aliphatic rings. The van der Waals surface area contributed by atoms with Crippen LogP contribution in [0.4, 0.5) is 0 Å². The fraction of sp³-hybridized carbons (Fsp3) is 0.167. The van der Waals surface area contributed by atoms with Crippen molar-refractivity contribution in [3.63, 3.8) is 0 Å². The van der Waals surface area contributed by atoms with Crippen molar-refractivity contribution in [1.82, 2.24) is 29.8 Å². The van der Waals surface area contributed by atoms with Gasteiger partial charge in [0.05, 0.1) is 25.2 Å². The van der Waals surface area contributed by atoms with E-state index in [0.29, 0.717) is 11.7 Å². The van der Waals surface area contributed by atoms with Crippen LogP contribution in [0.1, 0.15) is 0 Å². The number of hydrogen-bond acceptors (Lipinski definition) is 5. The highest BCUT2D eigenvalue weighted by atomic mass is 16.5. The number of rotatable bonds is 3. The van der Waals surface area contributed by atoms with Crippen LogP contribution in [-0.2, 0) is 7.05 Å². The third-order valence-corrected chi connectivity index (χ3v) is 2.70. The summed E-state index contributed by atoms with van der Waals surface area (Å²) in [5, 5.41) is 16.4. The molecule has 7 heteroatoms. The van der Waals surface area contributed by atoms with E-state index in [0.717, 1.165) is 11.3 Å². The van der Waals surface area contributed by atoms with Gasteiger partial charge in [0.2, 0.25) is 5.88 Å². The monoisotopic (exact) mass is 256 g/mol. The first kappa shape index (κ1) is 11.4. The van der Waals surface area contributed by atoms with Gasteiger partial charge in [0.15, 0.2) is 5.82 Å². The van der Waals surface area contributed by atoms with Gasteiger partial charge in [-0.15, -0.1) is 10.2 Å². The van der Waals surface area contributed by atoms with Crippen molar-refractivity contribution < 1.29 is 4.74 Å². The molecule has 3 rings (SSSR count). The lowest BCUT2D eigenvalue weighted by Gasteiger charge is -2.04. The van der Waals surface area contributed by atoms with Crippen molar-refractivity contribution in [2.75, 3.05) is 7.11 Å². The van der Waals surface area contributed by atoms with Gasteiger partial charge < -0.3 is 4.74 Å². The largest absolute Gasteiger partial charge is 0.480 e. The molecule has 0 bridgehead atoms. The van der Waals surface area contributed by atoms with Crippen LogP contribution >= 0.6 is 0 Å². The van der Waals surface area contributed by atoms with Gasteiger partial charge in [0.1, 0.15) is 0 Å². The summed E-state index contributed by atoms with van der Waals surface area (Å²) < 4.78 is 8.44. The highest BCUT2D eigenvalue weighted by Crippen LogP contribution is 2.20. The zero-order chi connectivity index (χ0) is 13.2. The van der Waals surface area contributed by atoms with Crippen LogP contribution in [0.2, 0.25) is 0 Å². The lowest BCUT2D eigenvalue weighted by atomic mass is 10.2. The Morgan fingerprint density at radius 1 is 1.11 bits per heavy atom. The van der Waals surface area contributed by atoms with Crippen LogP contribution in [0.5, 0.6) is 5.88 Å². The summed E-state index contributed by atoms with van der Waals surface area (Å²) in [4.78, 5) is 0. The summed E-state index contributed by atoms with van der Waals surface area (Å²) in [6.45, 7) is 0. The van der Waals surface area contributed by atoms with E-state index in [9.17, 15) is 0 Å². The van der Waals surface area contributed by atoms with Crippen LogP contribution in [0.15, 0.2) is 36.8 Å². The standard InChI is InChI=1S/C12H12N6O/c1-17-8-9(7-14-17)10-5-6-13-18(10)11-3-4-12(19-2)16-15-11/h3-8H,1-2H3. The number of methoxy groups -OCH3 is 1. The van der Waals surface area contributed by atoms with Gasteiger partial charge in [-0.1, -0.05) is 0 Å². The van der Waals surface area contributed by atoms with Crippen LogP contribution in [0.3, 0.4) is 0 Å². The van der Waals surface area contributed by atoms with Gasteiger partial charge in [-0.25, -0.2) is 4.68 Å². The molecule has 96 valence electrons. The third kappa shape index (κ3) is 2.05. The number of aryl methyl sites for hydroxylation is 1. The molecule has 0 fully saturated rings. The molecule has 3 aromatic heterocycles. The lowest BCUT2D eigenvalue weighted by Crippen LogP contribution is -2.03. The quantitative estimate of drug-likeness (QED) is 0.701. The molecule has 7 nitrogen and oxygen atoms in total. The highest BCUT2D eigenvalue weighted by Gasteiger charge is 2.10. The predicted octanol–water partition coefficient (Wildman–Crippen LogP) is 1.07. The van der Waals surface area contributed by atoms with Crippen molar-refractivity contribution >= 4 is 0 Å². The summed E-state index contributed by atoms with van der Waals surface area (Å²) in [5.41, 5.74) is 1.88. The molecular weight excluding hydrogens is 244 g/mol. The second-order valence-corrected chi connectivity index (χ2v) is 3.96. The Labute approximate surface area is 109 Å². The SMILES string of the molecule is COc1ccc(-n2nccc2-c2cnn(C)c2)nn1. The van der Waals surface area contributed by atoms with Crippen molar-refractivity contribution in [2.45, 2.75) is 0 Å². The topological polar surface area (TPSA) is 70.7 Å². The zero-order valence-electron chi connectivity index (χ0n) is 10.6. The van der Waals surface area contributed by atoms with Crippen molar-refractivity contribution in [3.8, 4) is 23.0 Å². The maximum atomic E-state index is 4.99. The predicted molar refractivity (Wildman–Crippen MR) is 67.9 cm³/mol. The molecule has 0 radical (unpaired) electrons. The Balaban J connectivity index is 2.03. The Bertz CT molecular complexity index is 684. The van der Waals surface area contributed by atoms with Gasteiger partial charge in [0.25, 0.3) is 0 Å². The first-order valence-corrected chi connectivity index (χ1v) is 5.69. The van der Waals surface area contributed by atoms with Gasteiger partial charge >= 0.3 is 0 Å². The molecular formula is C12H12N6O. The van der Waals surface area contributed by atoms with Crippen molar-refractivity contribution in [2.24, 2.45) is 7.05 Å². The first-order chi connectivity index (χ1) is 9.28. The minimum Gasteiger partial charge on any atom is -0.480 e. The van der Waals surface area contributed by atoms with Crippen molar-refractivity contribution in [1.29, 1.82) is 0 Å². The smallest absolute Gasteiger partial charge is 0.233 e. The van der Waals surface area contributed by atoms with Crippen LogP contribution in [0.25, 0.3) is 17.1 Å². The molecule has 3 aromatic rings. The summed E-state index contributed by atoms with van der Waals surface area (Å²) in [7, 11) is 3.43. The summed E-state index contributed by atoms with van der Waals surface area (Å²) in [6, 6.07) is 5.46. The molecule has 0 atom stereocenters. The van der Waals surface area contributed by atoms with E-state index < -0.39 is 0 Å². The van der Waals surface area contributed by atoms with E-state index >= 15 is 0 Å². The molecule has 0 saturated carbocycles. The van der Waals surface area contributed by atoms with E-state index in [4.69, 9.17) is 4.74 Å². The minimum atomic E-state index is 0.471. The van der Waals surface area contributed by atoms with Crippen LogP contribution in [0, 0.1) is 0 Å². The summed E-state index contributed by atoms with van der Waals surface area (Å²) >= 11 is 0. The maximum absolute atomic E-state index is 4.99. The molecule has 3 heterocycles. The summed E-state index contributed by atoms with van der Waals surface area (Å²) in [6.07, 6.45) is 5.42. The number of hydrogen-bond donors (Lipinski definition) is 0. The second kappa shape index (κ2) is 4.52. The maximum Gasteiger partial charge on any atom is 0.233 e. The van der Waals surface area contributed by atoms with Gasteiger partial charge in [-0.3, -0.25) is 4.68 Å². The molecule has 0 amide bonds. The van der Waals surface area contributed by atoms with Crippen LogP contribution < -0.4 is 4.74 Å². The molecule has 0 aliphatic carbocycles. The highest BCUT2D eigenvalue weighted by molar-refractivity contribution is 5.59. The van der Waals surface area contributed by atoms with E-state index in [1.165, 1.54) is 0 Å². The van der Waals surface area contributed by atoms with Gasteiger partial charge in [-0.05, 0) is 12.1 Å². The second-order valence-electron chi connectivity index (χ2n) is 3.96. The van der Waals surface area contributed by atoms with Crippen molar-refractivity contribution in [3.05, 3.63) is 36.8 Å². The Morgan fingerprint density at radius 2 is 2.00 bits per heavy atom. The summed E-state index contributed by atoms with van der Waals surface area (Å²) in [5.74, 6) is 1.10. The number of ether oxygens (including phenoxy) is 1. The fourth-order valence-corrected chi connectivity index (χ4v) is 1.79. The number of aromatic nitrogens is 6. The Hall–Kier alpha value is -2.70. The molecule has 0 saturated heterocycles. The Kier molecular flexibility index (Phi) is 2.71. The van der Waals surface area contributed by atoms with E-state index in [2.05, 4.69) is 20.4 Å². The van der Waals surface area contributed by atoms with E-state index in [1.807, 2.05) is 19.3 Å². The molecule has 0 unspecified atom stereocenters. The molecule has 0 spiro atoms. The average molecular weight is 256 g/mol. The number of nitrogens with zero attached hydrogens (tertiary/aromatic N) is 6. The molecule has 19 heavy (non-hydrogen) atoms. The molecule has 0 N–H and O–H groups in total. The van der Waals surface area contributed by atoms with E-state index in [1.54, 1.807) is 41.0 Å². The van der Waals surface area contributed by atoms with Gasteiger partial charge in [-0.2, -0.15) is 10.2 Å². The minimum absolute atomic E-state index is 0.471. The lowest BCUT2D eigenvalue weighted by molar-refractivity contribution is 0.391. The first-order valence-electron chi connectivity index (χ1n) is 5.69. The fourth-order valence-electron chi connectivity index (χ4n) is 1.79. The molecule has 0 aliphatic heterocycles. The molecule has 0 aromatic carbocycles. The third-order valence-electron chi connectivity index (χ3n) is 2.70. The normalized spacial score (nSPS) is 10.6. The van der Waals surface area contributed by atoms with Gasteiger partial charge in [0, 0.05) is 24.9 Å². The Morgan fingerprint density at radius 3 is 2.63 bits per heavy atom. The van der Waals surface area contributed by atoms with E-state index in [-0.39, 0.29) is 0 Å². The van der Waals surface area contributed by atoms with Crippen LogP contribution in [-0.4, -0.2) is 36.9 Å². The zero-order valence-corrected chi connectivity index (χ0v) is 10.6. The average Bonchev–Trinajstić information content (AvgIpc) is 3.07.